The van der Waals surface area contributed by atoms with E-state index in [-0.39, 0.29) is 0 Å². The molecule has 0 aromatic rings. The Morgan fingerprint density at radius 3 is 2.89 bits per heavy atom. The number of hydrogen-bond acceptors (Lipinski definition) is 3. The van der Waals surface area contributed by atoms with Gasteiger partial charge >= 0.3 is 0 Å². The molecule has 0 aromatic carbocycles. The third-order valence-corrected chi connectivity index (χ3v) is 3.12. The van der Waals surface area contributed by atoms with Crippen LogP contribution in [0.1, 0.15) is 39.5 Å². The van der Waals surface area contributed by atoms with Gasteiger partial charge in [-0.3, -0.25) is 0 Å². The minimum absolute atomic E-state index is 0.305. The molecule has 2 atom stereocenters. The highest BCUT2D eigenvalue weighted by Crippen LogP contribution is 2.19. The maximum Gasteiger partial charge on any atom is 0.0813 e. The molecule has 1 saturated heterocycles. The number of allylic oxidation sites excluding steroid dienone is 1. The van der Waals surface area contributed by atoms with Crippen LogP contribution in [0.3, 0.4) is 0 Å². The van der Waals surface area contributed by atoms with E-state index < -0.39 is 0 Å². The van der Waals surface area contributed by atoms with Crippen molar-refractivity contribution >= 4 is 0 Å². The summed E-state index contributed by atoms with van der Waals surface area (Å²) in [5, 5.41) is 3.45. The van der Waals surface area contributed by atoms with Gasteiger partial charge in [0, 0.05) is 13.2 Å². The van der Waals surface area contributed by atoms with Crippen molar-refractivity contribution in [2.24, 2.45) is 5.92 Å². The lowest BCUT2D eigenvalue weighted by Crippen LogP contribution is -2.30. The number of unbranched alkanes of at least 4 members (excludes halogenated alkanes) is 1. The molecular weight excluding hydrogens is 226 g/mol. The zero-order valence-corrected chi connectivity index (χ0v) is 12.0. The van der Waals surface area contributed by atoms with Gasteiger partial charge < -0.3 is 14.8 Å². The van der Waals surface area contributed by atoms with Gasteiger partial charge in [-0.05, 0) is 38.1 Å². The van der Waals surface area contributed by atoms with Crippen LogP contribution in [-0.2, 0) is 9.47 Å². The van der Waals surface area contributed by atoms with Gasteiger partial charge in [-0.2, -0.15) is 0 Å². The summed E-state index contributed by atoms with van der Waals surface area (Å²) in [6, 6.07) is 0. The summed E-state index contributed by atoms with van der Waals surface area (Å²) in [4.78, 5) is 0. The molecule has 106 valence electrons. The monoisotopic (exact) mass is 255 g/mol. The van der Waals surface area contributed by atoms with Crippen LogP contribution in [0.5, 0.6) is 0 Å². The minimum Gasteiger partial charge on any atom is -0.379 e. The van der Waals surface area contributed by atoms with E-state index in [1.807, 2.05) is 6.08 Å². The summed E-state index contributed by atoms with van der Waals surface area (Å²) >= 11 is 0. The van der Waals surface area contributed by atoms with E-state index in [9.17, 15) is 0 Å². The number of ether oxygens (including phenoxy) is 2. The van der Waals surface area contributed by atoms with Gasteiger partial charge in [-0.1, -0.05) is 19.9 Å². The van der Waals surface area contributed by atoms with E-state index in [2.05, 4.69) is 25.7 Å². The van der Waals surface area contributed by atoms with Gasteiger partial charge in [0.15, 0.2) is 0 Å². The molecule has 1 rings (SSSR count). The first-order valence-corrected chi connectivity index (χ1v) is 7.27. The van der Waals surface area contributed by atoms with Gasteiger partial charge in [-0.25, -0.2) is 0 Å². The van der Waals surface area contributed by atoms with Crippen LogP contribution < -0.4 is 5.32 Å². The van der Waals surface area contributed by atoms with Crippen molar-refractivity contribution in [1.29, 1.82) is 0 Å². The third kappa shape index (κ3) is 7.14. The van der Waals surface area contributed by atoms with Gasteiger partial charge in [0.1, 0.15) is 0 Å². The van der Waals surface area contributed by atoms with Gasteiger partial charge in [0.05, 0.1) is 18.8 Å². The van der Waals surface area contributed by atoms with Crippen molar-refractivity contribution in [3.05, 3.63) is 12.7 Å². The fourth-order valence-corrected chi connectivity index (χ4v) is 2.13. The summed E-state index contributed by atoms with van der Waals surface area (Å²) in [6.07, 6.45) is 7.01. The van der Waals surface area contributed by atoms with Gasteiger partial charge in [-0.15, -0.1) is 6.58 Å². The van der Waals surface area contributed by atoms with Crippen molar-refractivity contribution in [3.63, 3.8) is 0 Å². The van der Waals surface area contributed by atoms with Crippen LogP contribution in [0.4, 0.5) is 0 Å². The smallest absolute Gasteiger partial charge is 0.0813 e. The molecule has 2 unspecified atom stereocenters. The lowest BCUT2D eigenvalue weighted by molar-refractivity contribution is -0.0146. The average molecular weight is 255 g/mol. The Hall–Kier alpha value is -0.380. The quantitative estimate of drug-likeness (QED) is 0.481. The van der Waals surface area contributed by atoms with Crippen molar-refractivity contribution < 1.29 is 9.47 Å². The number of nitrogens with one attached hydrogen (secondary N) is 1. The third-order valence-electron chi connectivity index (χ3n) is 3.12. The molecule has 1 fully saturated rings. The molecule has 3 heteroatoms. The van der Waals surface area contributed by atoms with Crippen molar-refractivity contribution in [1.82, 2.24) is 5.32 Å². The predicted molar refractivity (Wildman–Crippen MR) is 75.9 cm³/mol. The Morgan fingerprint density at radius 1 is 1.39 bits per heavy atom. The highest BCUT2D eigenvalue weighted by molar-refractivity contribution is 4.75. The Kier molecular flexibility index (Phi) is 8.31. The number of hydrogen-bond donors (Lipinski definition) is 1. The van der Waals surface area contributed by atoms with Crippen molar-refractivity contribution in [3.8, 4) is 0 Å². The largest absolute Gasteiger partial charge is 0.379 e. The molecule has 1 aliphatic heterocycles. The maximum atomic E-state index is 5.94. The van der Waals surface area contributed by atoms with E-state index in [4.69, 9.17) is 9.47 Å². The first kappa shape index (κ1) is 15.7. The molecule has 3 nitrogen and oxygen atoms in total. The second kappa shape index (κ2) is 9.54. The SMILES string of the molecule is C=CCCCOCC1CCC(CNCC(C)C)O1. The van der Waals surface area contributed by atoms with Gasteiger partial charge in [0.25, 0.3) is 0 Å². The Labute approximate surface area is 112 Å². The molecule has 1 N–H and O–H groups in total. The summed E-state index contributed by atoms with van der Waals surface area (Å²) in [7, 11) is 0. The molecular formula is C15H29NO2. The molecule has 1 heterocycles. The summed E-state index contributed by atoms with van der Waals surface area (Å²) in [5.41, 5.74) is 0. The van der Waals surface area contributed by atoms with E-state index in [0.29, 0.717) is 18.1 Å². The van der Waals surface area contributed by atoms with Crippen LogP contribution in [0.25, 0.3) is 0 Å². The molecule has 0 aliphatic carbocycles. The standard InChI is InChI=1S/C15H29NO2/c1-4-5-6-9-17-12-15-8-7-14(18-15)11-16-10-13(2)3/h4,13-16H,1,5-12H2,2-3H3. The topological polar surface area (TPSA) is 30.5 Å². The predicted octanol–water partition coefficient (Wildman–Crippen LogP) is 2.76. The van der Waals surface area contributed by atoms with Crippen LogP contribution in [-0.4, -0.2) is 38.5 Å². The first-order chi connectivity index (χ1) is 8.72. The molecule has 0 spiro atoms. The second-order valence-corrected chi connectivity index (χ2v) is 5.52. The van der Waals surface area contributed by atoms with E-state index in [1.54, 1.807) is 0 Å². The summed E-state index contributed by atoms with van der Waals surface area (Å²) in [5.74, 6) is 0.704. The fourth-order valence-electron chi connectivity index (χ4n) is 2.13. The van der Waals surface area contributed by atoms with Crippen LogP contribution in [0.2, 0.25) is 0 Å². The maximum absolute atomic E-state index is 5.94. The Morgan fingerprint density at radius 2 is 2.17 bits per heavy atom. The lowest BCUT2D eigenvalue weighted by Gasteiger charge is -2.15. The zero-order valence-electron chi connectivity index (χ0n) is 12.0. The molecule has 0 amide bonds. The Balaban J connectivity index is 1.97. The molecule has 0 bridgehead atoms. The molecule has 18 heavy (non-hydrogen) atoms. The molecule has 0 saturated carbocycles. The zero-order chi connectivity index (χ0) is 13.2. The van der Waals surface area contributed by atoms with E-state index in [1.165, 1.54) is 0 Å². The fraction of sp³-hybridized carbons (Fsp3) is 0.867. The van der Waals surface area contributed by atoms with E-state index >= 15 is 0 Å². The average Bonchev–Trinajstić information content (AvgIpc) is 2.76. The van der Waals surface area contributed by atoms with Gasteiger partial charge in [0.2, 0.25) is 0 Å². The lowest BCUT2D eigenvalue weighted by atomic mass is 10.2. The van der Waals surface area contributed by atoms with E-state index in [0.717, 1.165) is 52.0 Å². The molecule has 1 aliphatic rings. The van der Waals surface area contributed by atoms with Crippen molar-refractivity contribution in [2.45, 2.75) is 51.7 Å². The summed E-state index contributed by atoms with van der Waals surface area (Å²) < 4.78 is 11.6. The minimum atomic E-state index is 0.305. The highest BCUT2D eigenvalue weighted by atomic mass is 16.5. The normalized spacial score (nSPS) is 23.7. The van der Waals surface area contributed by atoms with Crippen LogP contribution in [0, 0.1) is 5.92 Å². The number of rotatable bonds is 10. The summed E-state index contributed by atoms with van der Waals surface area (Å²) in [6.45, 7) is 11.8. The molecule has 0 aromatic heterocycles. The van der Waals surface area contributed by atoms with Crippen LogP contribution in [0.15, 0.2) is 12.7 Å². The Bertz CT molecular complexity index is 219. The first-order valence-electron chi connectivity index (χ1n) is 7.27. The van der Waals surface area contributed by atoms with Crippen LogP contribution >= 0.6 is 0 Å². The molecule has 0 radical (unpaired) electrons. The highest BCUT2D eigenvalue weighted by Gasteiger charge is 2.24. The van der Waals surface area contributed by atoms with Crippen molar-refractivity contribution in [2.75, 3.05) is 26.3 Å². The second-order valence-electron chi connectivity index (χ2n) is 5.52.